The van der Waals surface area contributed by atoms with Gasteiger partial charge in [0.25, 0.3) is 0 Å². The fourth-order valence-corrected chi connectivity index (χ4v) is 6.73. The van der Waals surface area contributed by atoms with Crippen molar-refractivity contribution < 1.29 is 28.2 Å². The average Bonchev–Trinajstić information content (AvgIpc) is 3.66. The summed E-state index contributed by atoms with van der Waals surface area (Å²) in [5, 5.41) is 27.2. The Balaban J connectivity index is 1.50. The number of benzene rings is 1. The number of amides is 1. The number of hydrogen-bond donors (Lipinski definition) is 3. The highest BCUT2D eigenvalue weighted by Crippen LogP contribution is 2.46. The topological polar surface area (TPSA) is 146 Å². The number of pyridine rings is 1. The summed E-state index contributed by atoms with van der Waals surface area (Å²) in [6.45, 7) is 10.00. The Morgan fingerprint density at radius 2 is 1.98 bits per heavy atom. The quantitative estimate of drug-likeness (QED) is 0.278. The molecule has 1 amide bonds. The highest BCUT2D eigenvalue weighted by Gasteiger charge is 2.35. The second-order valence-electron chi connectivity index (χ2n) is 12.2. The summed E-state index contributed by atoms with van der Waals surface area (Å²) < 4.78 is 42.9. The van der Waals surface area contributed by atoms with Crippen LogP contribution in [0.3, 0.4) is 0 Å². The number of carbonyl (C=O) groups excluding carboxylic acids is 1. The van der Waals surface area contributed by atoms with Gasteiger partial charge >= 0.3 is 6.09 Å². The van der Waals surface area contributed by atoms with Crippen LogP contribution in [-0.2, 0) is 22.7 Å². The summed E-state index contributed by atoms with van der Waals surface area (Å²) in [7, 11) is 0. The first-order valence-electron chi connectivity index (χ1n) is 14.1. The van der Waals surface area contributed by atoms with Gasteiger partial charge in [-0.15, -0.1) is 11.3 Å². The average molecular weight is 624 g/mol. The van der Waals surface area contributed by atoms with Crippen molar-refractivity contribution in [3.8, 4) is 17.3 Å². The fourth-order valence-electron chi connectivity index (χ4n) is 5.70. The van der Waals surface area contributed by atoms with Crippen LogP contribution < -0.4 is 15.5 Å². The van der Waals surface area contributed by atoms with Crippen LogP contribution in [0.2, 0.25) is 0 Å². The molecule has 44 heavy (non-hydrogen) atoms. The number of rotatable bonds is 5. The predicted octanol–water partition coefficient (Wildman–Crippen LogP) is 4.98. The lowest BCUT2D eigenvalue weighted by Crippen LogP contribution is -2.42. The van der Waals surface area contributed by atoms with Gasteiger partial charge in [0, 0.05) is 41.7 Å². The third kappa shape index (κ3) is 5.30. The van der Waals surface area contributed by atoms with E-state index in [4.69, 9.17) is 9.47 Å². The molecule has 5 heterocycles. The Hall–Kier alpha value is -4.03. The first-order chi connectivity index (χ1) is 20.9. The van der Waals surface area contributed by atoms with E-state index < -0.39 is 29.4 Å². The van der Waals surface area contributed by atoms with Crippen LogP contribution in [0.25, 0.3) is 32.2 Å². The number of halogens is 2. The second kappa shape index (κ2) is 11.2. The molecule has 3 N–H and O–H groups in total. The van der Waals surface area contributed by atoms with E-state index in [0.29, 0.717) is 23.1 Å². The molecule has 0 aliphatic carbocycles. The van der Waals surface area contributed by atoms with Crippen molar-refractivity contribution in [3.63, 3.8) is 0 Å². The van der Waals surface area contributed by atoms with E-state index in [1.54, 1.807) is 31.9 Å². The number of aliphatic hydroxyl groups excluding tert-OH is 1. The summed E-state index contributed by atoms with van der Waals surface area (Å²) >= 11 is 0.840. The Bertz CT molecular complexity index is 1850. The van der Waals surface area contributed by atoms with Gasteiger partial charge in [-0.25, -0.2) is 23.5 Å². The van der Waals surface area contributed by atoms with Gasteiger partial charge in [-0.05, 0) is 31.9 Å². The number of ether oxygens (including phenoxy) is 2. The molecular formula is C30H31F2N7O4S. The Morgan fingerprint density at radius 3 is 2.68 bits per heavy atom. The lowest BCUT2D eigenvalue weighted by molar-refractivity contribution is 0.0636. The number of anilines is 2. The van der Waals surface area contributed by atoms with Crippen LogP contribution in [0.5, 0.6) is 0 Å². The summed E-state index contributed by atoms with van der Waals surface area (Å²) in [5.41, 5.74) is 0.390. The Kier molecular flexibility index (Phi) is 7.61. The molecule has 14 heteroatoms. The molecule has 0 unspecified atom stereocenters. The summed E-state index contributed by atoms with van der Waals surface area (Å²) in [5.74, 6) is -1.19. The van der Waals surface area contributed by atoms with E-state index in [1.807, 2.05) is 19.9 Å². The summed E-state index contributed by atoms with van der Waals surface area (Å²) in [6, 6.07) is 1.99. The van der Waals surface area contributed by atoms with E-state index in [9.17, 15) is 15.2 Å². The smallest absolute Gasteiger partial charge is 0.412 e. The van der Waals surface area contributed by atoms with Crippen LogP contribution in [0.4, 0.5) is 24.5 Å². The lowest BCUT2D eigenvalue weighted by Gasteiger charge is -2.19. The number of aromatic nitrogens is 3. The Morgan fingerprint density at radius 1 is 1.23 bits per heavy atom. The monoisotopic (exact) mass is 623 g/mol. The first-order valence-corrected chi connectivity index (χ1v) is 15.0. The maximum Gasteiger partial charge on any atom is 0.412 e. The van der Waals surface area contributed by atoms with Gasteiger partial charge in [-0.1, -0.05) is 13.8 Å². The molecule has 0 saturated carbocycles. The largest absolute Gasteiger partial charge is 0.444 e. The third-order valence-corrected chi connectivity index (χ3v) is 8.55. The van der Waals surface area contributed by atoms with E-state index in [-0.39, 0.29) is 75.2 Å². The third-order valence-electron chi connectivity index (χ3n) is 7.44. The summed E-state index contributed by atoms with van der Waals surface area (Å²) in [4.78, 5) is 27.7. The minimum absolute atomic E-state index is 0.0177. The molecular weight excluding hydrogens is 592 g/mol. The van der Waals surface area contributed by atoms with Crippen molar-refractivity contribution in [2.24, 2.45) is 0 Å². The van der Waals surface area contributed by atoms with Gasteiger partial charge in [-0.3, -0.25) is 10.3 Å². The molecule has 2 atom stereocenters. The van der Waals surface area contributed by atoms with Crippen molar-refractivity contribution in [2.45, 2.75) is 71.6 Å². The van der Waals surface area contributed by atoms with Crippen LogP contribution in [-0.4, -0.2) is 63.0 Å². The molecule has 0 radical (unpaired) electrons. The normalized spacial score (nSPS) is 18.3. The number of β-amino-alcohol motifs (C(OH)–C–C–N with tert-alkyl or cyclic N) is 1. The van der Waals surface area contributed by atoms with Crippen molar-refractivity contribution in [1.29, 1.82) is 5.26 Å². The molecule has 4 aromatic rings. The molecule has 1 aromatic carbocycles. The van der Waals surface area contributed by atoms with Gasteiger partial charge in [0.15, 0.2) is 11.6 Å². The number of aliphatic hydroxyl groups is 1. The van der Waals surface area contributed by atoms with Crippen molar-refractivity contribution in [3.05, 3.63) is 40.7 Å². The van der Waals surface area contributed by atoms with Gasteiger partial charge in [0.1, 0.15) is 22.2 Å². The number of thiophene rings is 1. The minimum atomic E-state index is -0.816. The van der Waals surface area contributed by atoms with Crippen LogP contribution >= 0.6 is 11.3 Å². The molecule has 0 spiro atoms. The number of nitriles is 1. The first kappa shape index (κ1) is 30.0. The standard InChI is InChI=1S/C30H31F2N7O4S/c1-13(2)36-19-9-39(10-20(19)40)28-35-7-15-16-11-42-12-17(16)21(23(32)24(15)37-28)25-22-14(6-33)27(38-29(41)43-30(3,4)5)44-26(22)18(31)8-34-25/h7-8,13,19-20,36,40H,9-12H2,1-5H3,(H,38,41)/t19-,20-/m0/s1. The van der Waals surface area contributed by atoms with Crippen molar-refractivity contribution >= 4 is 49.4 Å². The molecule has 1 fully saturated rings. The van der Waals surface area contributed by atoms with E-state index in [1.165, 1.54) is 0 Å². The van der Waals surface area contributed by atoms with Gasteiger partial charge in [-0.2, -0.15) is 5.26 Å². The van der Waals surface area contributed by atoms with Crippen molar-refractivity contribution in [2.75, 3.05) is 23.3 Å². The van der Waals surface area contributed by atoms with E-state index >= 15 is 8.78 Å². The predicted molar refractivity (Wildman–Crippen MR) is 161 cm³/mol. The van der Waals surface area contributed by atoms with Crippen LogP contribution in [0.1, 0.15) is 51.3 Å². The molecule has 230 valence electrons. The number of nitrogens with zero attached hydrogens (tertiary/aromatic N) is 5. The van der Waals surface area contributed by atoms with Gasteiger partial charge in [0.05, 0.1) is 47.5 Å². The highest BCUT2D eigenvalue weighted by molar-refractivity contribution is 7.23. The molecule has 6 rings (SSSR count). The number of carbonyl (C=O) groups is 1. The molecule has 2 aliphatic heterocycles. The maximum atomic E-state index is 16.7. The molecule has 2 aliphatic rings. The molecule has 1 saturated heterocycles. The van der Waals surface area contributed by atoms with Crippen LogP contribution in [0.15, 0.2) is 12.4 Å². The highest BCUT2D eigenvalue weighted by atomic mass is 32.1. The lowest BCUT2D eigenvalue weighted by atomic mass is 9.94. The van der Waals surface area contributed by atoms with E-state index in [2.05, 4.69) is 25.6 Å². The zero-order valence-corrected chi connectivity index (χ0v) is 25.6. The van der Waals surface area contributed by atoms with E-state index in [0.717, 1.165) is 17.5 Å². The van der Waals surface area contributed by atoms with Gasteiger partial charge in [0.2, 0.25) is 5.95 Å². The number of hydrogen-bond acceptors (Lipinski definition) is 11. The maximum absolute atomic E-state index is 16.7. The summed E-state index contributed by atoms with van der Waals surface area (Å²) in [6.07, 6.45) is 1.05. The zero-order valence-electron chi connectivity index (χ0n) is 24.8. The second-order valence-corrected chi connectivity index (χ2v) is 13.2. The zero-order chi connectivity index (χ0) is 31.5. The minimum Gasteiger partial charge on any atom is -0.444 e. The SMILES string of the molecule is CC(C)N[C@H]1CN(c2ncc3c4c(c(-c5ncc(F)c6sc(NC(=O)OC(C)(C)C)c(C#N)c56)c(F)c3n2)COC4)C[C@@H]1O. The number of nitrogens with one attached hydrogen (secondary N) is 2. The molecule has 0 bridgehead atoms. The molecule has 11 nitrogen and oxygen atoms in total. The number of fused-ring (bicyclic) bond motifs is 4. The van der Waals surface area contributed by atoms with Crippen molar-refractivity contribution in [1.82, 2.24) is 20.3 Å². The fraction of sp³-hybridized carbons (Fsp3) is 0.433. The van der Waals surface area contributed by atoms with Gasteiger partial charge < -0.3 is 24.8 Å². The molecule has 3 aromatic heterocycles. The Labute approximate surface area is 255 Å². The van der Waals surface area contributed by atoms with Crippen LogP contribution in [0, 0.1) is 23.0 Å².